The van der Waals surface area contributed by atoms with Gasteiger partial charge in [0.05, 0.1) is 5.54 Å². The van der Waals surface area contributed by atoms with Crippen molar-refractivity contribution >= 4 is 5.91 Å². The number of hydrogen-bond donors (Lipinski definition) is 2. The molecule has 0 fully saturated rings. The smallest absolute Gasteiger partial charge is 0.258 e. The minimum atomic E-state index is -0.842. The molecule has 3 aromatic rings. The number of aryl methyl sites for hydroxylation is 1. The van der Waals surface area contributed by atoms with Gasteiger partial charge in [-0.1, -0.05) is 23.4 Å². The molecule has 3 rings (SSSR count). The van der Waals surface area contributed by atoms with E-state index in [-0.39, 0.29) is 17.4 Å². The number of rotatable bonds is 4. The first-order valence-corrected chi connectivity index (χ1v) is 7.78. The minimum absolute atomic E-state index is 0.228. The van der Waals surface area contributed by atoms with E-state index in [0.29, 0.717) is 22.6 Å². The molecular formula is C18H18N4O3. The zero-order valence-corrected chi connectivity index (χ0v) is 14.2. The maximum atomic E-state index is 12.4. The van der Waals surface area contributed by atoms with Gasteiger partial charge >= 0.3 is 0 Å². The summed E-state index contributed by atoms with van der Waals surface area (Å²) >= 11 is 0. The average molecular weight is 338 g/mol. The fraction of sp³-hybridized carbons (Fsp3) is 0.222. The number of pyridine rings is 1. The van der Waals surface area contributed by atoms with Crippen LogP contribution in [-0.4, -0.2) is 21.0 Å². The third-order valence-corrected chi connectivity index (χ3v) is 3.67. The Morgan fingerprint density at radius 1 is 1.20 bits per heavy atom. The molecule has 7 heteroatoms. The number of amides is 1. The van der Waals surface area contributed by atoms with Crippen LogP contribution in [0.3, 0.4) is 0 Å². The summed E-state index contributed by atoms with van der Waals surface area (Å²) in [6.07, 6.45) is 0. The number of H-pyrrole nitrogens is 1. The molecule has 0 saturated carbocycles. The van der Waals surface area contributed by atoms with Gasteiger partial charge in [-0.3, -0.25) is 9.59 Å². The summed E-state index contributed by atoms with van der Waals surface area (Å²) < 4.78 is 5.27. The van der Waals surface area contributed by atoms with E-state index in [1.807, 2.05) is 6.07 Å². The lowest BCUT2D eigenvalue weighted by Gasteiger charge is -2.22. The maximum absolute atomic E-state index is 12.4. The highest BCUT2D eigenvalue weighted by atomic mass is 16.5. The molecule has 0 aliphatic carbocycles. The summed E-state index contributed by atoms with van der Waals surface area (Å²) in [6.45, 7) is 5.34. The van der Waals surface area contributed by atoms with Crippen LogP contribution in [0.1, 0.15) is 35.7 Å². The average Bonchev–Trinajstić information content (AvgIpc) is 3.05. The Kier molecular flexibility index (Phi) is 4.22. The zero-order chi connectivity index (χ0) is 18.0. The molecule has 0 atom stereocenters. The van der Waals surface area contributed by atoms with Gasteiger partial charge < -0.3 is 14.8 Å². The summed E-state index contributed by atoms with van der Waals surface area (Å²) in [6, 6.07) is 12.0. The van der Waals surface area contributed by atoms with Gasteiger partial charge in [-0.05, 0) is 39.0 Å². The van der Waals surface area contributed by atoms with E-state index in [1.165, 1.54) is 6.07 Å². The van der Waals surface area contributed by atoms with Crippen LogP contribution in [-0.2, 0) is 5.54 Å². The summed E-state index contributed by atoms with van der Waals surface area (Å²) in [5.74, 6) is 0.319. The van der Waals surface area contributed by atoms with E-state index in [4.69, 9.17) is 4.52 Å². The van der Waals surface area contributed by atoms with Gasteiger partial charge in [0, 0.05) is 22.9 Å². The molecule has 2 N–H and O–H groups in total. The molecule has 0 bridgehead atoms. The second kappa shape index (κ2) is 6.35. The molecule has 0 saturated heterocycles. The first-order valence-electron chi connectivity index (χ1n) is 7.78. The summed E-state index contributed by atoms with van der Waals surface area (Å²) in [5, 5.41) is 6.84. The van der Waals surface area contributed by atoms with Crippen molar-refractivity contribution in [2.45, 2.75) is 26.3 Å². The maximum Gasteiger partial charge on any atom is 0.258 e. The molecular weight excluding hydrogens is 320 g/mol. The van der Waals surface area contributed by atoms with Crippen LogP contribution < -0.4 is 10.9 Å². The Morgan fingerprint density at radius 3 is 2.60 bits per heavy atom. The summed E-state index contributed by atoms with van der Waals surface area (Å²) in [7, 11) is 0. The number of carbonyl (C=O) groups excluding carboxylic acids is 1. The molecule has 0 unspecified atom stereocenters. The summed E-state index contributed by atoms with van der Waals surface area (Å²) in [5.41, 5.74) is 0.685. The van der Waals surface area contributed by atoms with Gasteiger partial charge in [-0.25, -0.2) is 0 Å². The highest BCUT2D eigenvalue weighted by Crippen LogP contribution is 2.22. The molecule has 25 heavy (non-hydrogen) atoms. The number of aromatic amines is 1. The summed E-state index contributed by atoms with van der Waals surface area (Å²) in [4.78, 5) is 30.9. The first kappa shape index (κ1) is 16.6. The van der Waals surface area contributed by atoms with Gasteiger partial charge in [0.15, 0.2) is 5.82 Å². The third-order valence-electron chi connectivity index (χ3n) is 3.67. The van der Waals surface area contributed by atoms with Gasteiger partial charge in [-0.15, -0.1) is 0 Å². The van der Waals surface area contributed by atoms with Crippen LogP contribution in [0.5, 0.6) is 0 Å². The Morgan fingerprint density at radius 2 is 1.92 bits per heavy atom. The Hall–Kier alpha value is -3.22. The van der Waals surface area contributed by atoms with Crippen molar-refractivity contribution in [1.82, 2.24) is 20.4 Å². The zero-order valence-electron chi connectivity index (χ0n) is 14.2. The number of aromatic nitrogens is 3. The van der Waals surface area contributed by atoms with Crippen LogP contribution in [0.4, 0.5) is 0 Å². The van der Waals surface area contributed by atoms with Gasteiger partial charge in [-0.2, -0.15) is 4.98 Å². The lowest BCUT2D eigenvalue weighted by atomic mass is 10.0. The fourth-order valence-electron chi connectivity index (χ4n) is 2.40. The lowest BCUT2D eigenvalue weighted by molar-refractivity contribution is 0.0907. The Balaban J connectivity index is 1.85. The standard InChI is InChI=1S/C18H18N4O3/c1-11-9-13(10-14(23)19-11)16-20-17(22-25-16)18(2,3)21-15(24)12-7-5-4-6-8-12/h4-10H,1-3H3,(H,19,23)(H,21,24). The molecule has 2 heterocycles. The first-order chi connectivity index (χ1) is 11.8. The van der Waals surface area contributed by atoms with Crippen LogP contribution >= 0.6 is 0 Å². The number of benzene rings is 1. The van der Waals surface area contributed by atoms with E-state index in [1.54, 1.807) is 51.1 Å². The van der Waals surface area contributed by atoms with Crippen LogP contribution in [0, 0.1) is 6.92 Å². The third kappa shape index (κ3) is 3.65. The Labute approximate surface area is 144 Å². The van der Waals surface area contributed by atoms with Crippen LogP contribution in [0.25, 0.3) is 11.5 Å². The molecule has 0 aliphatic heterocycles. The van der Waals surface area contributed by atoms with Crippen molar-refractivity contribution in [3.8, 4) is 11.5 Å². The van der Waals surface area contributed by atoms with Crippen molar-refractivity contribution in [3.63, 3.8) is 0 Å². The van der Waals surface area contributed by atoms with Crippen molar-refractivity contribution < 1.29 is 9.32 Å². The minimum Gasteiger partial charge on any atom is -0.340 e. The number of nitrogens with one attached hydrogen (secondary N) is 2. The van der Waals surface area contributed by atoms with E-state index in [0.717, 1.165) is 0 Å². The van der Waals surface area contributed by atoms with E-state index in [2.05, 4.69) is 20.4 Å². The largest absolute Gasteiger partial charge is 0.340 e. The van der Waals surface area contributed by atoms with E-state index >= 15 is 0 Å². The van der Waals surface area contributed by atoms with Crippen molar-refractivity contribution in [3.05, 3.63) is 69.9 Å². The van der Waals surface area contributed by atoms with E-state index in [9.17, 15) is 9.59 Å². The number of carbonyl (C=O) groups is 1. The monoisotopic (exact) mass is 338 g/mol. The highest BCUT2D eigenvalue weighted by molar-refractivity contribution is 5.94. The number of hydrogen-bond acceptors (Lipinski definition) is 5. The molecule has 0 spiro atoms. The SMILES string of the molecule is Cc1cc(-c2nc(C(C)(C)NC(=O)c3ccccc3)no2)cc(=O)[nH]1. The number of nitrogens with zero attached hydrogens (tertiary/aromatic N) is 2. The quantitative estimate of drug-likeness (QED) is 0.761. The topological polar surface area (TPSA) is 101 Å². The van der Waals surface area contributed by atoms with Crippen LogP contribution in [0.2, 0.25) is 0 Å². The lowest BCUT2D eigenvalue weighted by Crippen LogP contribution is -2.41. The predicted octanol–water partition coefficient (Wildman–Crippen LogP) is 2.40. The van der Waals surface area contributed by atoms with Gasteiger partial charge in [0.25, 0.3) is 11.8 Å². The van der Waals surface area contributed by atoms with Crippen molar-refractivity contribution in [2.24, 2.45) is 0 Å². The fourth-order valence-corrected chi connectivity index (χ4v) is 2.40. The normalized spacial score (nSPS) is 11.3. The van der Waals surface area contributed by atoms with Crippen molar-refractivity contribution in [1.29, 1.82) is 0 Å². The molecule has 1 amide bonds. The highest BCUT2D eigenvalue weighted by Gasteiger charge is 2.29. The molecule has 128 valence electrons. The van der Waals surface area contributed by atoms with E-state index < -0.39 is 5.54 Å². The van der Waals surface area contributed by atoms with Crippen LogP contribution in [0.15, 0.2) is 51.8 Å². The molecule has 0 aliphatic rings. The van der Waals surface area contributed by atoms with Gasteiger partial charge in [0.2, 0.25) is 5.56 Å². The molecule has 1 aromatic carbocycles. The molecule has 2 aromatic heterocycles. The predicted molar refractivity (Wildman–Crippen MR) is 92.0 cm³/mol. The van der Waals surface area contributed by atoms with Gasteiger partial charge in [0.1, 0.15) is 0 Å². The second-order valence-electron chi connectivity index (χ2n) is 6.28. The van der Waals surface area contributed by atoms with Crippen molar-refractivity contribution in [2.75, 3.05) is 0 Å². The molecule has 0 radical (unpaired) electrons. The Bertz CT molecular complexity index is 958. The molecule has 7 nitrogen and oxygen atoms in total. The second-order valence-corrected chi connectivity index (χ2v) is 6.28.